The molecule has 3 saturated heterocycles. The van der Waals surface area contributed by atoms with Crippen LogP contribution in [0.1, 0.15) is 79.7 Å². The lowest BCUT2D eigenvalue weighted by molar-refractivity contribution is -0.146. The molecule has 1 aromatic heterocycles. The number of amides is 12. The molecular formula is C81H107N17O21. The molecule has 38 heteroatoms. The lowest BCUT2D eigenvalue weighted by Gasteiger charge is -2.33. The first kappa shape index (κ1) is 92.1. The van der Waals surface area contributed by atoms with Crippen LogP contribution >= 0.6 is 0 Å². The van der Waals surface area contributed by atoms with Crippen molar-refractivity contribution in [3.8, 4) is 5.75 Å². The predicted octanol–water partition coefficient (Wildman–Crippen LogP) is -2.65. The number of nitrogens with one attached hydrogen (secondary N) is 10. The average molecular weight is 1650 g/mol. The number of hydrogen-bond acceptors (Lipinski definition) is 21. The monoisotopic (exact) mass is 1650 g/mol. The van der Waals surface area contributed by atoms with Crippen molar-refractivity contribution in [2.24, 2.45) is 0 Å². The second kappa shape index (κ2) is 45.9. The summed E-state index contributed by atoms with van der Waals surface area (Å²) in [7, 11) is 2.73. The molecule has 119 heavy (non-hydrogen) atoms. The van der Waals surface area contributed by atoms with Crippen molar-refractivity contribution in [2.45, 2.75) is 126 Å². The van der Waals surface area contributed by atoms with E-state index < -0.39 is 170 Å². The molecule has 0 aliphatic carbocycles. The van der Waals surface area contributed by atoms with Gasteiger partial charge in [0.25, 0.3) is 0 Å². The fourth-order valence-corrected chi connectivity index (χ4v) is 14.1. The summed E-state index contributed by atoms with van der Waals surface area (Å²) in [5.74, 6) is -15.1. The van der Waals surface area contributed by atoms with Gasteiger partial charge in [-0.1, -0.05) is 111 Å². The Kier molecular flexibility index (Phi) is 35.5. The molecule has 4 aromatic carbocycles. The minimum Gasteiger partial charge on any atom is -0.508 e. The van der Waals surface area contributed by atoms with Gasteiger partial charge in [0.15, 0.2) is 0 Å². The molecule has 0 bridgehead atoms. The van der Waals surface area contributed by atoms with Crippen LogP contribution in [0.3, 0.4) is 0 Å². The quantitative estimate of drug-likeness (QED) is 0.0252. The molecule has 4 heterocycles. The zero-order chi connectivity index (χ0) is 86.2. The summed E-state index contributed by atoms with van der Waals surface area (Å²) >= 11 is 0. The Hall–Kier alpha value is -12.4. The number of phenolic OH excluding ortho intramolecular Hbond substituents is 1. The summed E-state index contributed by atoms with van der Waals surface area (Å²) in [6.07, 6.45) is 1.62. The second-order valence-corrected chi connectivity index (χ2v) is 29.8. The average Bonchev–Trinajstić information content (AvgIpc) is 1.71. The number of aromatic amines is 1. The highest BCUT2D eigenvalue weighted by Crippen LogP contribution is 2.23. The topological polar surface area (TPSA) is 521 Å². The van der Waals surface area contributed by atoms with E-state index >= 15 is 14.4 Å². The summed E-state index contributed by atoms with van der Waals surface area (Å²) < 4.78 is 0. The Labute approximate surface area is 686 Å². The summed E-state index contributed by atoms with van der Waals surface area (Å²) in [5.41, 5.74) is 3.16. The number of rotatable bonds is 26. The molecule has 642 valence electrons. The predicted molar refractivity (Wildman–Crippen MR) is 429 cm³/mol. The standard InChI is InChI=1S/C81H107N17O21/c1-4-5-7-17-59-76(114)89-62(39-55-42-82-58-16-11-10-15-57(55)58)75(113)85-44-67(101)87-60(36-53-23-25-56(99)26-24-53)77(115)91-63(40-71(105)106)81(119)98-27-12-18-64(98)79(117)86-43-66(100)84-45-69(103)93(3)65(38-51-13-8-6-9-14-51)80(118)90-61(78(116)88-59)37-52-19-21-54(22-20-52)41-83-68(102)46-92(2)70(104)47-94-28-30-95(48-72(107)108)32-34-97(50-74(111)112)35-33-96(31-29-94)49-73(109)110/h6,8-11,13-16,19-26,42,59-65,82,99H,4-5,7,12,17-18,27-41,43-50H2,1-3H3,(H,83,102)(H,84,100)(H,85,113)(H,86,117)(H,87,101)(H,88,116)(H,89,114)(H,90,118)(H,91,115)(H,105,106)(H,107,108)(H,109,110)(H,111,112)/t59-,60-,61-,62-,63-,64+,65-/m0/s1. The zero-order valence-electron chi connectivity index (χ0n) is 66.8. The van der Waals surface area contributed by atoms with Gasteiger partial charge in [0.2, 0.25) is 70.9 Å². The Morgan fingerprint density at radius 1 is 0.487 bits per heavy atom. The van der Waals surface area contributed by atoms with Crippen molar-refractivity contribution in [3.63, 3.8) is 0 Å². The Balaban J connectivity index is 1.06. The maximum atomic E-state index is 15.4. The number of carboxylic acids is 4. The van der Waals surface area contributed by atoms with Gasteiger partial charge in [-0.15, -0.1) is 0 Å². The third-order valence-electron chi connectivity index (χ3n) is 20.8. The Bertz CT molecular complexity index is 4370. The molecule has 3 aliphatic heterocycles. The molecule has 5 aromatic rings. The molecular weight excluding hydrogens is 1550 g/mol. The Morgan fingerprint density at radius 2 is 0.983 bits per heavy atom. The van der Waals surface area contributed by atoms with Gasteiger partial charge < -0.3 is 93.1 Å². The molecule has 0 saturated carbocycles. The molecule has 3 fully saturated rings. The number of benzene rings is 4. The van der Waals surface area contributed by atoms with Crippen molar-refractivity contribution in [2.75, 3.05) is 125 Å². The second-order valence-electron chi connectivity index (χ2n) is 29.8. The number of unbranched alkanes of at least 4 members (excludes halogenated alkanes) is 2. The number of hydrogen-bond donors (Lipinski definition) is 15. The SMILES string of the molecule is CCCCC[C@@H]1NC(=O)[C@H](Cc2ccc(CNC(=O)CN(C)C(=O)CN3CCN(CC(=O)O)CCN(CC(=O)O)CCN(CC(=O)O)CC3)cc2)NC(=O)[C@H](Cc2ccccc2)N(C)C(=O)CNC(=O)CNC(=O)[C@H]2CCCN2C(=O)[C@H](CC(=O)O)NC(=O)[C@H](Cc2ccc(O)cc2)NC(=O)CNC(=O)[C@H](Cc2c[nH]c3ccccc23)NC1=O. The molecule has 38 nitrogen and oxygen atoms in total. The number of aromatic hydroxyl groups is 1. The Morgan fingerprint density at radius 3 is 1.57 bits per heavy atom. The van der Waals surface area contributed by atoms with Crippen LogP contribution in [0.25, 0.3) is 10.9 Å². The number of phenols is 1. The van der Waals surface area contributed by atoms with Crippen LogP contribution in [0.5, 0.6) is 5.75 Å². The molecule has 8 rings (SSSR count). The number of nitrogens with zero attached hydrogens (tertiary/aromatic N) is 7. The van der Waals surface area contributed by atoms with E-state index in [2.05, 4.69) is 52.8 Å². The van der Waals surface area contributed by atoms with Crippen molar-refractivity contribution >= 4 is 106 Å². The van der Waals surface area contributed by atoms with Gasteiger partial charge in [-0.25, -0.2) is 0 Å². The van der Waals surface area contributed by atoms with E-state index in [1.54, 1.807) is 105 Å². The fourth-order valence-electron chi connectivity index (χ4n) is 14.1. The number of carbonyl (C=O) groups excluding carboxylic acids is 12. The number of para-hydroxylation sites is 1. The van der Waals surface area contributed by atoms with E-state index in [1.165, 1.54) is 43.3 Å². The van der Waals surface area contributed by atoms with E-state index in [-0.39, 0.29) is 142 Å². The maximum Gasteiger partial charge on any atom is 0.317 e. The van der Waals surface area contributed by atoms with Gasteiger partial charge in [0.05, 0.1) is 58.8 Å². The molecule has 12 amide bonds. The van der Waals surface area contributed by atoms with Crippen LogP contribution < -0.4 is 47.9 Å². The van der Waals surface area contributed by atoms with Crippen LogP contribution in [-0.2, 0) is 109 Å². The first-order valence-corrected chi connectivity index (χ1v) is 39.5. The molecule has 0 radical (unpaired) electrons. The van der Waals surface area contributed by atoms with Gasteiger partial charge in [0.1, 0.15) is 48.0 Å². The molecule has 7 atom stereocenters. The number of aromatic nitrogens is 1. The van der Waals surface area contributed by atoms with Crippen molar-refractivity contribution in [3.05, 3.63) is 137 Å². The summed E-state index contributed by atoms with van der Waals surface area (Å²) in [6, 6.07) is 17.2. The molecule has 15 N–H and O–H groups in total. The van der Waals surface area contributed by atoms with Crippen molar-refractivity contribution < 1.29 is 102 Å². The number of aliphatic carboxylic acids is 4. The van der Waals surface area contributed by atoms with Gasteiger partial charge in [-0.3, -0.25) is 96.3 Å². The number of fused-ring (bicyclic) bond motifs is 2. The summed E-state index contributed by atoms with van der Waals surface area (Å²) in [6.45, 7) is -0.853. The molecule has 0 unspecified atom stereocenters. The van der Waals surface area contributed by atoms with Crippen LogP contribution in [0, 0.1) is 0 Å². The van der Waals surface area contributed by atoms with E-state index in [0.29, 0.717) is 58.0 Å². The highest BCUT2D eigenvalue weighted by Gasteiger charge is 2.41. The number of H-pyrrole nitrogens is 1. The third kappa shape index (κ3) is 29.9. The van der Waals surface area contributed by atoms with Gasteiger partial charge >= 0.3 is 23.9 Å². The normalized spacial score (nSPS) is 21.3. The van der Waals surface area contributed by atoms with Crippen LogP contribution in [-0.4, -0.2) is 327 Å². The number of carbonyl (C=O) groups is 16. The summed E-state index contributed by atoms with van der Waals surface area (Å²) in [5, 5.41) is 73.5. The van der Waals surface area contributed by atoms with E-state index in [0.717, 1.165) is 9.80 Å². The smallest absolute Gasteiger partial charge is 0.317 e. The minimum absolute atomic E-state index is 0.00681. The van der Waals surface area contributed by atoms with E-state index in [9.17, 15) is 87.9 Å². The largest absolute Gasteiger partial charge is 0.508 e. The van der Waals surface area contributed by atoms with Gasteiger partial charge in [0, 0.05) is 122 Å². The van der Waals surface area contributed by atoms with Crippen LogP contribution in [0.4, 0.5) is 0 Å². The lowest BCUT2D eigenvalue weighted by Crippen LogP contribution is -2.60. The number of likely N-dealkylation sites (N-methyl/N-ethyl adjacent to an activating group) is 2. The third-order valence-corrected chi connectivity index (χ3v) is 20.8. The molecule has 0 spiro atoms. The molecule has 3 aliphatic rings. The fraction of sp³-hybridized carbons (Fsp3) is 0.481. The summed E-state index contributed by atoms with van der Waals surface area (Å²) in [4.78, 5) is 234. The highest BCUT2D eigenvalue weighted by molar-refractivity contribution is 6.00. The van der Waals surface area contributed by atoms with Crippen molar-refractivity contribution in [1.82, 2.24) is 87.1 Å². The van der Waals surface area contributed by atoms with E-state index in [4.69, 9.17) is 0 Å². The van der Waals surface area contributed by atoms with Crippen LogP contribution in [0.15, 0.2) is 109 Å². The first-order valence-electron chi connectivity index (χ1n) is 39.5. The van der Waals surface area contributed by atoms with Crippen LogP contribution in [0.2, 0.25) is 0 Å². The number of carboxylic acid groups (broad SMARTS) is 4. The minimum atomic E-state index is -1.82. The van der Waals surface area contributed by atoms with Crippen molar-refractivity contribution in [1.29, 1.82) is 0 Å². The van der Waals surface area contributed by atoms with Gasteiger partial charge in [-0.2, -0.15) is 0 Å². The van der Waals surface area contributed by atoms with E-state index in [1.807, 2.05) is 6.92 Å². The maximum absolute atomic E-state index is 15.4. The first-order chi connectivity index (χ1) is 56.9. The zero-order valence-corrected chi connectivity index (χ0v) is 66.8. The van der Waals surface area contributed by atoms with Gasteiger partial charge in [-0.05, 0) is 65.3 Å². The lowest BCUT2D eigenvalue weighted by atomic mass is 9.99. The highest BCUT2D eigenvalue weighted by atomic mass is 16.4.